The van der Waals surface area contributed by atoms with Crippen molar-refractivity contribution in [3.05, 3.63) is 29.0 Å². The first-order valence-corrected chi connectivity index (χ1v) is 7.12. The number of rotatable bonds is 4. The summed E-state index contributed by atoms with van der Waals surface area (Å²) in [6.07, 6.45) is 1.56. The van der Waals surface area contributed by atoms with Crippen molar-refractivity contribution >= 4 is 40.5 Å². The molecule has 0 saturated carbocycles. The Balaban J connectivity index is 1.75. The quantitative estimate of drug-likeness (QED) is 0.837. The Morgan fingerprint density at radius 2 is 2.30 bits per heavy atom. The molecular weight excluding hydrogens is 301 g/mol. The molecule has 0 bridgehead atoms. The third-order valence-electron chi connectivity index (χ3n) is 3.02. The molecule has 1 aromatic rings. The maximum atomic E-state index is 13.0. The summed E-state index contributed by atoms with van der Waals surface area (Å²) in [5, 5.41) is 6.37. The molecule has 4 nitrogen and oxygen atoms in total. The molecule has 108 valence electrons. The third kappa shape index (κ3) is 4.05. The molecule has 0 spiro atoms. The highest BCUT2D eigenvalue weighted by molar-refractivity contribution is 7.80. The summed E-state index contributed by atoms with van der Waals surface area (Å²) < 4.78 is 13.0. The Labute approximate surface area is 127 Å². The van der Waals surface area contributed by atoms with Crippen LogP contribution in [-0.2, 0) is 4.79 Å². The van der Waals surface area contributed by atoms with Crippen molar-refractivity contribution in [1.82, 2.24) is 10.2 Å². The third-order valence-corrected chi connectivity index (χ3v) is 3.55. The van der Waals surface area contributed by atoms with Gasteiger partial charge in [-0.05, 0) is 36.8 Å². The molecule has 1 fully saturated rings. The molecule has 1 saturated heterocycles. The standard InChI is InChI=1S/C13H15ClFN3OS/c14-10-8-9(3-4-11(10)15)17-13(20)16-5-7-18-6-1-2-12(18)19/h3-4,8H,1-2,5-7H2,(H2,16,17,20). The summed E-state index contributed by atoms with van der Waals surface area (Å²) >= 11 is 10.8. The Kier molecular flexibility index (Phi) is 5.14. The van der Waals surface area contributed by atoms with Crippen LogP contribution in [-0.4, -0.2) is 35.6 Å². The highest BCUT2D eigenvalue weighted by atomic mass is 35.5. The number of anilines is 1. The number of halogens is 2. The number of carbonyl (C=O) groups excluding carboxylic acids is 1. The average molecular weight is 316 g/mol. The fraction of sp³-hybridized carbons (Fsp3) is 0.385. The minimum absolute atomic E-state index is 0.0421. The summed E-state index contributed by atoms with van der Waals surface area (Å²) in [6.45, 7) is 2.02. The molecule has 0 atom stereocenters. The molecule has 2 rings (SSSR count). The molecule has 0 aliphatic carbocycles. The topological polar surface area (TPSA) is 44.4 Å². The number of hydrogen-bond acceptors (Lipinski definition) is 2. The van der Waals surface area contributed by atoms with Gasteiger partial charge in [0.2, 0.25) is 5.91 Å². The Morgan fingerprint density at radius 3 is 2.95 bits per heavy atom. The molecule has 0 unspecified atom stereocenters. The highest BCUT2D eigenvalue weighted by Crippen LogP contribution is 2.19. The second-order valence-electron chi connectivity index (χ2n) is 4.49. The molecule has 1 aromatic carbocycles. The molecule has 7 heteroatoms. The van der Waals surface area contributed by atoms with Crippen molar-refractivity contribution in [1.29, 1.82) is 0 Å². The van der Waals surface area contributed by atoms with Crippen molar-refractivity contribution in [2.45, 2.75) is 12.8 Å². The van der Waals surface area contributed by atoms with E-state index in [-0.39, 0.29) is 10.9 Å². The Bertz CT molecular complexity index is 526. The van der Waals surface area contributed by atoms with Crippen LogP contribution in [0.3, 0.4) is 0 Å². The van der Waals surface area contributed by atoms with Gasteiger partial charge in [-0.3, -0.25) is 4.79 Å². The van der Waals surface area contributed by atoms with Gasteiger partial charge in [0.25, 0.3) is 0 Å². The molecule has 1 amide bonds. The van der Waals surface area contributed by atoms with E-state index in [1.807, 2.05) is 4.90 Å². The van der Waals surface area contributed by atoms with E-state index in [4.69, 9.17) is 23.8 Å². The maximum absolute atomic E-state index is 13.0. The summed E-state index contributed by atoms with van der Waals surface area (Å²) in [6, 6.07) is 4.30. The van der Waals surface area contributed by atoms with Gasteiger partial charge in [-0.2, -0.15) is 0 Å². The van der Waals surface area contributed by atoms with Crippen LogP contribution in [0.5, 0.6) is 0 Å². The zero-order valence-corrected chi connectivity index (χ0v) is 12.4. The van der Waals surface area contributed by atoms with Gasteiger partial charge in [-0.1, -0.05) is 11.6 Å². The van der Waals surface area contributed by atoms with Crippen molar-refractivity contribution in [2.75, 3.05) is 25.0 Å². The predicted octanol–water partition coefficient (Wildman–Crippen LogP) is 2.39. The van der Waals surface area contributed by atoms with E-state index < -0.39 is 5.82 Å². The van der Waals surface area contributed by atoms with E-state index in [2.05, 4.69) is 10.6 Å². The van der Waals surface area contributed by atoms with Gasteiger partial charge in [-0.15, -0.1) is 0 Å². The van der Waals surface area contributed by atoms with Crippen LogP contribution in [0, 0.1) is 5.82 Å². The first kappa shape index (κ1) is 15.0. The molecule has 0 radical (unpaired) electrons. The van der Waals surface area contributed by atoms with E-state index in [0.29, 0.717) is 30.3 Å². The van der Waals surface area contributed by atoms with Crippen LogP contribution in [0.2, 0.25) is 5.02 Å². The lowest BCUT2D eigenvalue weighted by molar-refractivity contribution is -0.127. The lowest BCUT2D eigenvalue weighted by atomic mass is 10.3. The molecule has 1 aliphatic rings. The summed E-state index contributed by atoms with van der Waals surface area (Å²) in [7, 11) is 0. The Morgan fingerprint density at radius 1 is 1.50 bits per heavy atom. The van der Waals surface area contributed by atoms with E-state index in [1.165, 1.54) is 12.1 Å². The van der Waals surface area contributed by atoms with Crippen molar-refractivity contribution in [2.24, 2.45) is 0 Å². The first-order valence-electron chi connectivity index (χ1n) is 6.34. The van der Waals surface area contributed by atoms with Gasteiger partial charge in [0.05, 0.1) is 5.02 Å². The second-order valence-corrected chi connectivity index (χ2v) is 5.31. The maximum Gasteiger partial charge on any atom is 0.222 e. The zero-order valence-electron chi connectivity index (χ0n) is 10.8. The van der Waals surface area contributed by atoms with Crippen molar-refractivity contribution in [3.63, 3.8) is 0 Å². The second kappa shape index (κ2) is 6.85. The smallest absolute Gasteiger partial charge is 0.222 e. The van der Waals surface area contributed by atoms with Gasteiger partial charge in [0, 0.05) is 31.7 Å². The minimum Gasteiger partial charge on any atom is -0.361 e. The number of nitrogens with one attached hydrogen (secondary N) is 2. The van der Waals surface area contributed by atoms with Crippen LogP contribution in [0.15, 0.2) is 18.2 Å². The molecule has 1 heterocycles. The fourth-order valence-corrected chi connectivity index (χ4v) is 2.39. The monoisotopic (exact) mass is 315 g/mol. The number of carbonyl (C=O) groups is 1. The average Bonchev–Trinajstić information content (AvgIpc) is 2.80. The number of likely N-dealkylation sites (tertiary alicyclic amines) is 1. The van der Waals surface area contributed by atoms with Crippen LogP contribution >= 0.6 is 23.8 Å². The lowest BCUT2D eigenvalue weighted by Crippen LogP contribution is -2.37. The minimum atomic E-state index is -0.469. The fourth-order valence-electron chi connectivity index (χ4n) is 1.99. The highest BCUT2D eigenvalue weighted by Gasteiger charge is 2.19. The predicted molar refractivity (Wildman–Crippen MR) is 81.4 cm³/mol. The molecule has 1 aliphatic heterocycles. The van der Waals surface area contributed by atoms with E-state index in [0.717, 1.165) is 13.0 Å². The first-order chi connectivity index (χ1) is 9.56. The zero-order chi connectivity index (χ0) is 14.5. The van der Waals surface area contributed by atoms with Gasteiger partial charge < -0.3 is 15.5 Å². The summed E-state index contributed by atoms with van der Waals surface area (Å²) in [5.41, 5.74) is 0.617. The van der Waals surface area contributed by atoms with Gasteiger partial charge in [0.15, 0.2) is 5.11 Å². The SMILES string of the molecule is O=C1CCCN1CCNC(=S)Nc1ccc(F)c(Cl)c1. The summed E-state index contributed by atoms with van der Waals surface area (Å²) in [5.74, 6) is -0.278. The van der Waals surface area contributed by atoms with Crippen LogP contribution in [0.4, 0.5) is 10.1 Å². The van der Waals surface area contributed by atoms with Gasteiger partial charge >= 0.3 is 0 Å². The van der Waals surface area contributed by atoms with Crippen LogP contribution < -0.4 is 10.6 Å². The van der Waals surface area contributed by atoms with E-state index in [1.54, 1.807) is 6.07 Å². The number of amides is 1. The number of thiocarbonyl (C=S) groups is 1. The van der Waals surface area contributed by atoms with Gasteiger partial charge in [0.1, 0.15) is 5.82 Å². The molecule has 20 heavy (non-hydrogen) atoms. The lowest BCUT2D eigenvalue weighted by Gasteiger charge is -2.17. The van der Waals surface area contributed by atoms with Crippen LogP contribution in [0.25, 0.3) is 0 Å². The Hall–Kier alpha value is -1.40. The number of benzene rings is 1. The summed E-state index contributed by atoms with van der Waals surface area (Å²) in [4.78, 5) is 13.2. The molecule has 0 aromatic heterocycles. The van der Waals surface area contributed by atoms with Crippen molar-refractivity contribution < 1.29 is 9.18 Å². The largest absolute Gasteiger partial charge is 0.361 e. The molecule has 2 N–H and O–H groups in total. The molecular formula is C13H15ClFN3OS. The van der Waals surface area contributed by atoms with E-state index >= 15 is 0 Å². The number of hydrogen-bond donors (Lipinski definition) is 2. The van der Waals surface area contributed by atoms with Crippen molar-refractivity contribution in [3.8, 4) is 0 Å². The van der Waals surface area contributed by atoms with E-state index in [9.17, 15) is 9.18 Å². The van der Waals surface area contributed by atoms with Crippen LogP contribution in [0.1, 0.15) is 12.8 Å². The van der Waals surface area contributed by atoms with Gasteiger partial charge in [-0.25, -0.2) is 4.39 Å². The normalized spacial score (nSPS) is 14.5. The number of nitrogens with zero attached hydrogens (tertiary/aromatic N) is 1.